The van der Waals surface area contributed by atoms with Gasteiger partial charge in [0.15, 0.2) is 5.96 Å². The Bertz CT molecular complexity index is 572. The summed E-state index contributed by atoms with van der Waals surface area (Å²) in [7, 11) is 0. The lowest BCUT2D eigenvalue weighted by Gasteiger charge is -2.34. The molecule has 2 rings (SSSR count). The maximum atomic E-state index is 11.2. The van der Waals surface area contributed by atoms with Crippen molar-refractivity contribution in [1.29, 1.82) is 0 Å². The van der Waals surface area contributed by atoms with Gasteiger partial charge in [0, 0.05) is 32.5 Å². The minimum absolute atomic E-state index is 0. The molecular formula is C18H29IN4O2. The molecule has 7 heteroatoms. The van der Waals surface area contributed by atoms with Crippen LogP contribution in [0.2, 0.25) is 0 Å². The average Bonchev–Trinajstić information content (AvgIpc) is 3.03. The Kier molecular flexibility index (Phi) is 9.62. The van der Waals surface area contributed by atoms with Crippen molar-refractivity contribution in [1.82, 2.24) is 10.2 Å². The van der Waals surface area contributed by atoms with Crippen LogP contribution in [-0.2, 0) is 11.2 Å². The van der Waals surface area contributed by atoms with E-state index in [1.54, 1.807) is 6.26 Å². The monoisotopic (exact) mass is 460 g/mol. The van der Waals surface area contributed by atoms with Crippen LogP contribution in [0.1, 0.15) is 31.9 Å². The lowest BCUT2D eigenvalue weighted by Crippen LogP contribution is -2.47. The number of rotatable bonds is 7. The predicted octanol–water partition coefficient (Wildman–Crippen LogP) is 2.55. The number of nitrogens with two attached hydrogens (primary N) is 1. The number of guanidine groups is 1. The quantitative estimate of drug-likeness (QED) is 0.284. The van der Waals surface area contributed by atoms with E-state index in [4.69, 9.17) is 10.2 Å². The van der Waals surface area contributed by atoms with Crippen LogP contribution in [0, 0.1) is 5.92 Å². The summed E-state index contributed by atoms with van der Waals surface area (Å²) in [4.78, 5) is 18.1. The third kappa shape index (κ3) is 7.94. The molecule has 1 aliphatic rings. The Morgan fingerprint density at radius 3 is 3.00 bits per heavy atom. The summed E-state index contributed by atoms with van der Waals surface area (Å²) in [5.41, 5.74) is 6.37. The molecule has 0 spiro atoms. The average molecular weight is 460 g/mol. The van der Waals surface area contributed by atoms with Crippen molar-refractivity contribution in [2.75, 3.05) is 26.2 Å². The number of primary amides is 1. The third-order valence-electron chi connectivity index (χ3n) is 4.04. The Balaban J connectivity index is 0.00000312. The zero-order chi connectivity index (χ0) is 17.4. The molecule has 1 atom stereocenters. The fourth-order valence-electron chi connectivity index (χ4n) is 2.94. The summed E-state index contributed by atoms with van der Waals surface area (Å²) < 4.78 is 5.36. The second-order valence-electron chi connectivity index (χ2n) is 6.48. The minimum atomic E-state index is -0.229. The van der Waals surface area contributed by atoms with Crippen LogP contribution in [0.15, 0.2) is 40.0 Å². The molecule has 1 unspecified atom stereocenters. The first-order chi connectivity index (χ1) is 11.5. The highest BCUT2D eigenvalue weighted by Crippen LogP contribution is 2.19. The van der Waals surface area contributed by atoms with Gasteiger partial charge in [-0.1, -0.05) is 12.2 Å². The van der Waals surface area contributed by atoms with Crippen LogP contribution in [0.4, 0.5) is 0 Å². The van der Waals surface area contributed by atoms with Gasteiger partial charge in [-0.3, -0.25) is 4.79 Å². The van der Waals surface area contributed by atoms with Gasteiger partial charge < -0.3 is 20.4 Å². The summed E-state index contributed by atoms with van der Waals surface area (Å²) >= 11 is 0. The molecule has 1 aromatic heterocycles. The van der Waals surface area contributed by atoms with Gasteiger partial charge in [0.1, 0.15) is 5.76 Å². The van der Waals surface area contributed by atoms with E-state index in [9.17, 15) is 4.79 Å². The fourth-order valence-corrected chi connectivity index (χ4v) is 2.94. The number of nitrogens with one attached hydrogen (secondary N) is 1. The molecule has 0 aliphatic carbocycles. The standard InChI is InChI=1S/C18H28N4O2.HI/c1-14(2)12-21-18(20-8-7-16-6-4-10-24-16)22-9-3-5-15(13-22)11-17(19)23;/h4,6,10,15H,1,3,5,7-9,11-13H2,2H3,(H2,19,23)(H,20,21);1H. The Morgan fingerprint density at radius 1 is 1.56 bits per heavy atom. The zero-order valence-electron chi connectivity index (χ0n) is 14.9. The number of furan rings is 1. The number of halogens is 1. The van der Waals surface area contributed by atoms with Gasteiger partial charge in [-0.05, 0) is 37.8 Å². The van der Waals surface area contributed by atoms with E-state index in [1.807, 2.05) is 19.1 Å². The maximum absolute atomic E-state index is 11.2. The van der Waals surface area contributed by atoms with Gasteiger partial charge in [-0.2, -0.15) is 0 Å². The van der Waals surface area contributed by atoms with E-state index in [0.29, 0.717) is 18.9 Å². The van der Waals surface area contributed by atoms with Gasteiger partial charge in [-0.15, -0.1) is 24.0 Å². The van der Waals surface area contributed by atoms with E-state index in [1.165, 1.54) is 0 Å². The number of hydrogen-bond donors (Lipinski definition) is 2. The van der Waals surface area contributed by atoms with E-state index in [0.717, 1.165) is 56.2 Å². The number of aliphatic imine (C=N–C) groups is 1. The molecule has 1 aliphatic heterocycles. The molecule has 1 saturated heterocycles. The lowest BCUT2D eigenvalue weighted by molar-refractivity contribution is -0.119. The Morgan fingerprint density at radius 2 is 2.36 bits per heavy atom. The van der Waals surface area contributed by atoms with Crippen molar-refractivity contribution in [3.63, 3.8) is 0 Å². The third-order valence-corrected chi connectivity index (χ3v) is 4.04. The minimum Gasteiger partial charge on any atom is -0.469 e. The van der Waals surface area contributed by atoms with Crippen molar-refractivity contribution in [3.05, 3.63) is 36.3 Å². The molecule has 0 bridgehead atoms. The first-order valence-corrected chi connectivity index (χ1v) is 8.53. The van der Waals surface area contributed by atoms with Gasteiger partial charge in [0.2, 0.25) is 5.91 Å². The second-order valence-corrected chi connectivity index (χ2v) is 6.48. The molecule has 0 aromatic carbocycles. The molecule has 0 radical (unpaired) electrons. The lowest BCUT2D eigenvalue weighted by atomic mass is 9.95. The molecule has 140 valence electrons. The van der Waals surface area contributed by atoms with Crippen LogP contribution in [0.3, 0.4) is 0 Å². The van der Waals surface area contributed by atoms with E-state index < -0.39 is 0 Å². The van der Waals surface area contributed by atoms with Crippen molar-refractivity contribution in [2.24, 2.45) is 16.6 Å². The second kappa shape index (κ2) is 11.2. The maximum Gasteiger partial charge on any atom is 0.217 e. The number of carbonyl (C=O) groups excluding carboxylic acids is 1. The topological polar surface area (TPSA) is 83.9 Å². The molecule has 6 nitrogen and oxygen atoms in total. The number of amides is 1. The number of likely N-dealkylation sites (tertiary alicyclic amines) is 1. The molecule has 1 amide bonds. The highest BCUT2D eigenvalue weighted by molar-refractivity contribution is 14.0. The normalized spacial score (nSPS) is 17.7. The number of piperidine rings is 1. The molecule has 1 aromatic rings. The van der Waals surface area contributed by atoms with Crippen molar-refractivity contribution in [3.8, 4) is 0 Å². The van der Waals surface area contributed by atoms with Crippen LogP contribution in [0.5, 0.6) is 0 Å². The molecule has 0 saturated carbocycles. The molecule has 25 heavy (non-hydrogen) atoms. The first kappa shape index (κ1) is 21.5. The Labute approximate surface area is 166 Å². The van der Waals surface area contributed by atoms with Crippen molar-refractivity contribution in [2.45, 2.75) is 32.6 Å². The van der Waals surface area contributed by atoms with E-state index >= 15 is 0 Å². The van der Waals surface area contributed by atoms with Gasteiger partial charge in [0.05, 0.1) is 12.8 Å². The van der Waals surface area contributed by atoms with Gasteiger partial charge in [0.25, 0.3) is 0 Å². The Hall–Kier alpha value is -1.51. The first-order valence-electron chi connectivity index (χ1n) is 8.53. The van der Waals surface area contributed by atoms with Crippen LogP contribution >= 0.6 is 24.0 Å². The SMILES string of the molecule is C=C(C)CN=C(NCCc1ccco1)N1CCCC(CC(N)=O)C1.I. The molecule has 3 N–H and O–H groups in total. The summed E-state index contributed by atoms with van der Waals surface area (Å²) in [6.45, 7) is 8.99. The number of nitrogens with zero attached hydrogens (tertiary/aromatic N) is 2. The van der Waals surface area contributed by atoms with E-state index in [-0.39, 0.29) is 29.9 Å². The summed E-state index contributed by atoms with van der Waals surface area (Å²) in [6.07, 6.45) is 5.02. The van der Waals surface area contributed by atoms with Crippen LogP contribution < -0.4 is 11.1 Å². The smallest absolute Gasteiger partial charge is 0.217 e. The van der Waals surface area contributed by atoms with E-state index in [2.05, 4.69) is 21.8 Å². The van der Waals surface area contributed by atoms with Crippen molar-refractivity contribution >= 4 is 35.8 Å². The largest absolute Gasteiger partial charge is 0.469 e. The van der Waals surface area contributed by atoms with Gasteiger partial charge in [-0.25, -0.2) is 4.99 Å². The summed E-state index contributed by atoms with van der Waals surface area (Å²) in [6, 6.07) is 3.86. The van der Waals surface area contributed by atoms with Crippen LogP contribution in [-0.4, -0.2) is 42.9 Å². The number of hydrogen-bond acceptors (Lipinski definition) is 3. The van der Waals surface area contributed by atoms with Gasteiger partial charge >= 0.3 is 0 Å². The summed E-state index contributed by atoms with van der Waals surface area (Å²) in [5, 5.41) is 3.42. The van der Waals surface area contributed by atoms with Crippen LogP contribution in [0.25, 0.3) is 0 Å². The number of carbonyl (C=O) groups is 1. The molecule has 2 heterocycles. The fraction of sp³-hybridized carbons (Fsp3) is 0.556. The summed E-state index contributed by atoms with van der Waals surface area (Å²) in [5.74, 6) is 1.90. The zero-order valence-corrected chi connectivity index (χ0v) is 17.2. The van der Waals surface area contributed by atoms with Crippen molar-refractivity contribution < 1.29 is 9.21 Å². The predicted molar refractivity (Wildman–Crippen MR) is 111 cm³/mol. The molecule has 1 fully saturated rings. The molecular weight excluding hydrogens is 431 g/mol. The highest BCUT2D eigenvalue weighted by atomic mass is 127. The highest BCUT2D eigenvalue weighted by Gasteiger charge is 2.23.